The van der Waals surface area contributed by atoms with E-state index < -0.39 is 9.84 Å². The van der Waals surface area contributed by atoms with Crippen molar-refractivity contribution in [1.29, 1.82) is 0 Å². The fourth-order valence-electron chi connectivity index (χ4n) is 6.24. The summed E-state index contributed by atoms with van der Waals surface area (Å²) < 4.78 is 26.8. The highest BCUT2D eigenvalue weighted by atomic mass is 32.2. The summed E-state index contributed by atoms with van der Waals surface area (Å²) in [6.07, 6.45) is 0. The van der Waals surface area contributed by atoms with Gasteiger partial charge in [0.1, 0.15) is 0 Å². The zero-order valence-corrected chi connectivity index (χ0v) is 23.9. The van der Waals surface area contributed by atoms with E-state index in [0.717, 1.165) is 38.7 Å². The molecule has 0 N–H and O–H groups in total. The zero-order valence-electron chi connectivity index (χ0n) is 23.1. The molecule has 0 atom stereocenters. The predicted octanol–water partition coefficient (Wildman–Crippen LogP) is 9.86. The molecule has 7 aromatic carbocycles. The van der Waals surface area contributed by atoms with Gasteiger partial charge in [-0.25, -0.2) is 13.4 Å². The smallest absolute Gasteiger partial charge is 0.206 e. The highest BCUT2D eigenvalue weighted by molar-refractivity contribution is 7.91. The first-order chi connectivity index (χ1) is 21.1. The molecule has 0 radical (unpaired) electrons. The van der Waals surface area contributed by atoms with Crippen molar-refractivity contribution in [2.24, 2.45) is 0 Å². The van der Waals surface area contributed by atoms with Crippen LogP contribution >= 0.6 is 0 Å². The van der Waals surface area contributed by atoms with Gasteiger partial charge in [0.15, 0.2) is 0 Å². The third-order valence-corrected chi connectivity index (χ3v) is 10.0. The van der Waals surface area contributed by atoms with E-state index in [-0.39, 0.29) is 9.79 Å². The third kappa shape index (κ3) is 4.10. The lowest BCUT2D eigenvalue weighted by Gasteiger charge is -2.17. The maximum atomic E-state index is 13.4. The summed E-state index contributed by atoms with van der Waals surface area (Å²) in [5.74, 6) is 0. The third-order valence-electron chi connectivity index (χ3n) is 8.25. The van der Waals surface area contributed by atoms with E-state index >= 15 is 0 Å². The predicted molar refractivity (Wildman–Crippen MR) is 177 cm³/mol. The molecule has 0 aliphatic rings. The lowest BCUT2D eigenvalue weighted by atomic mass is 9.89. The average Bonchev–Trinajstić information content (AvgIpc) is 3.08. The number of aromatic nitrogens is 1. The molecule has 0 bridgehead atoms. The molecule has 0 aliphatic carbocycles. The van der Waals surface area contributed by atoms with Gasteiger partial charge in [-0.3, -0.25) is 0 Å². The Morgan fingerprint density at radius 1 is 0.395 bits per heavy atom. The standard InChI is InChI=1S/C39H25NO2S/c41-43(42,29-15-5-2-6-16-29)30-17-11-14-27(24-30)28-22-23-35-36(25-28)40-39(26-12-3-1-4-13-26)38-34-21-10-8-19-32(34)31-18-7-9-20-33(31)37(35)38/h1-25H. The topological polar surface area (TPSA) is 47.0 Å². The van der Waals surface area contributed by atoms with E-state index in [1.165, 1.54) is 26.9 Å². The Bertz CT molecular complexity index is 2450. The van der Waals surface area contributed by atoms with Gasteiger partial charge in [0.2, 0.25) is 9.84 Å². The molecule has 0 fully saturated rings. The highest BCUT2D eigenvalue weighted by Gasteiger charge is 2.20. The molecule has 0 saturated carbocycles. The number of hydrogen-bond donors (Lipinski definition) is 0. The number of nitrogens with zero attached hydrogens (tertiary/aromatic N) is 1. The van der Waals surface area contributed by atoms with E-state index in [0.29, 0.717) is 0 Å². The van der Waals surface area contributed by atoms with Gasteiger partial charge >= 0.3 is 0 Å². The number of pyridine rings is 1. The molecule has 8 rings (SSSR count). The number of hydrogen-bond acceptors (Lipinski definition) is 3. The van der Waals surface area contributed by atoms with Gasteiger partial charge < -0.3 is 0 Å². The van der Waals surface area contributed by atoms with Crippen molar-refractivity contribution in [3.63, 3.8) is 0 Å². The maximum absolute atomic E-state index is 13.4. The molecule has 0 unspecified atom stereocenters. The van der Waals surface area contributed by atoms with Crippen LogP contribution in [-0.4, -0.2) is 13.4 Å². The molecule has 1 aromatic heterocycles. The Morgan fingerprint density at radius 3 is 1.63 bits per heavy atom. The van der Waals surface area contributed by atoms with Crippen LogP contribution in [0.25, 0.3) is 65.6 Å². The molecule has 0 amide bonds. The van der Waals surface area contributed by atoms with Crippen molar-refractivity contribution >= 4 is 53.1 Å². The lowest BCUT2D eigenvalue weighted by molar-refractivity contribution is 0.596. The van der Waals surface area contributed by atoms with Crippen LogP contribution in [0, 0.1) is 0 Å². The van der Waals surface area contributed by atoms with E-state index in [4.69, 9.17) is 4.98 Å². The minimum absolute atomic E-state index is 0.269. The first-order valence-electron chi connectivity index (χ1n) is 14.2. The molecule has 0 aliphatic heterocycles. The summed E-state index contributed by atoms with van der Waals surface area (Å²) in [4.78, 5) is 5.87. The molecule has 0 saturated heterocycles. The summed E-state index contributed by atoms with van der Waals surface area (Å²) in [7, 11) is -3.64. The van der Waals surface area contributed by atoms with Gasteiger partial charge in [0, 0.05) is 21.7 Å². The zero-order chi connectivity index (χ0) is 29.0. The summed E-state index contributed by atoms with van der Waals surface area (Å²) in [5.41, 5.74) is 4.58. The largest absolute Gasteiger partial charge is 0.247 e. The Kier molecular flexibility index (Phi) is 5.85. The normalized spacial score (nSPS) is 11.9. The van der Waals surface area contributed by atoms with Crippen molar-refractivity contribution in [3.05, 3.63) is 152 Å². The van der Waals surface area contributed by atoms with Crippen LogP contribution in [0.2, 0.25) is 0 Å². The fourth-order valence-corrected chi connectivity index (χ4v) is 7.57. The van der Waals surface area contributed by atoms with Gasteiger partial charge in [-0.1, -0.05) is 121 Å². The molecule has 43 heavy (non-hydrogen) atoms. The summed E-state index contributed by atoms with van der Waals surface area (Å²) >= 11 is 0. The van der Waals surface area contributed by atoms with Crippen molar-refractivity contribution in [1.82, 2.24) is 4.98 Å². The molecule has 0 spiro atoms. The van der Waals surface area contributed by atoms with Crippen molar-refractivity contribution in [3.8, 4) is 22.4 Å². The molecule has 1 heterocycles. The Labute approximate surface area is 249 Å². The minimum Gasteiger partial charge on any atom is -0.247 e. The second-order valence-electron chi connectivity index (χ2n) is 10.7. The van der Waals surface area contributed by atoms with Gasteiger partial charge in [-0.05, 0) is 63.0 Å². The van der Waals surface area contributed by atoms with Crippen LogP contribution in [0.15, 0.2) is 161 Å². The van der Waals surface area contributed by atoms with E-state index in [2.05, 4.69) is 78.9 Å². The van der Waals surface area contributed by atoms with E-state index in [1.54, 1.807) is 42.5 Å². The average molecular weight is 572 g/mol. The van der Waals surface area contributed by atoms with Crippen LogP contribution in [0.1, 0.15) is 0 Å². The second-order valence-corrected chi connectivity index (χ2v) is 12.7. The lowest BCUT2D eigenvalue weighted by Crippen LogP contribution is -2.01. The number of rotatable bonds is 4. The highest BCUT2D eigenvalue weighted by Crippen LogP contribution is 2.43. The molecular formula is C39H25NO2S. The minimum atomic E-state index is -3.64. The fraction of sp³-hybridized carbons (Fsp3) is 0. The van der Waals surface area contributed by atoms with Crippen LogP contribution in [0.4, 0.5) is 0 Å². The Hall–Kier alpha value is -5.32. The molecular weight excluding hydrogens is 547 g/mol. The Balaban J connectivity index is 1.42. The van der Waals surface area contributed by atoms with Crippen LogP contribution in [-0.2, 0) is 9.84 Å². The quantitative estimate of drug-likeness (QED) is 0.198. The van der Waals surface area contributed by atoms with E-state index in [9.17, 15) is 8.42 Å². The van der Waals surface area contributed by atoms with Gasteiger partial charge in [0.25, 0.3) is 0 Å². The summed E-state index contributed by atoms with van der Waals surface area (Å²) in [5, 5.41) is 8.14. The molecule has 4 heteroatoms. The Morgan fingerprint density at radius 2 is 0.930 bits per heavy atom. The molecule has 3 nitrogen and oxygen atoms in total. The maximum Gasteiger partial charge on any atom is 0.206 e. The van der Waals surface area contributed by atoms with Gasteiger partial charge in [-0.2, -0.15) is 0 Å². The van der Waals surface area contributed by atoms with Crippen molar-refractivity contribution < 1.29 is 8.42 Å². The summed E-state index contributed by atoms with van der Waals surface area (Å²) in [6, 6.07) is 49.5. The van der Waals surface area contributed by atoms with E-state index in [1.807, 2.05) is 30.3 Å². The van der Waals surface area contributed by atoms with Crippen LogP contribution in [0.3, 0.4) is 0 Å². The number of fused-ring (bicyclic) bond motifs is 8. The number of sulfone groups is 1. The van der Waals surface area contributed by atoms with Crippen molar-refractivity contribution in [2.75, 3.05) is 0 Å². The van der Waals surface area contributed by atoms with Crippen LogP contribution in [0.5, 0.6) is 0 Å². The molecule has 204 valence electrons. The monoisotopic (exact) mass is 571 g/mol. The molecule has 8 aromatic rings. The van der Waals surface area contributed by atoms with Gasteiger partial charge in [0.05, 0.1) is 21.0 Å². The summed E-state index contributed by atoms with van der Waals surface area (Å²) in [6.45, 7) is 0. The second kappa shape index (κ2) is 9.90. The van der Waals surface area contributed by atoms with Crippen LogP contribution < -0.4 is 0 Å². The first-order valence-corrected chi connectivity index (χ1v) is 15.7. The SMILES string of the molecule is O=S(=O)(c1ccccc1)c1cccc(-c2ccc3c(c2)nc(-c2ccccc2)c2c4ccccc4c4ccccc4c32)c1. The van der Waals surface area contributed by atoms with Crippen molar-refractivity contribution in [2.45, 2.75) is 9.79 Å². The first kappa shape index (κ1) is 25.4. The number of benzene rings is 7. The van der Waals surface area contributed by atoms with Gasteiger partial charge in [-0.15, -0.1) is 0 Å².